The molecule has 1 unspecified atom stereocenters. The maximum atomic E-state index is 13.4. The molecule has 2 aromatic rings. The molecule has 5 heteroatoms. The van der Waals surface area contributed by atoms with Gasteiger partial charge in [0.1, 0.15) is 0 Å². The zero-order valence-electron chi connectivity index (χ0n) is 11.1. The fourth-order valence-electron chi connectivity index (χ4n) is 1.87. The van der Waals surface area contributed by atoms with Gasteiger partial charge in [-0.15, -0.1) is 0 Å². The molecule has 106 valence electrons. The summed E-state index contributed by atoms with van der Waals surface area (Å²) in [6.07, 6.45) is 0. The van der Waals surface area contributed by atoms with Crippen LogP contribution in [0.15, 0.2) is 40.9 Å². The van der Waals surface area contributed by atoms with Crippen LogP contribution in [0.5, 0.6) is 5.75 Å². The molecule has 0 radical (unpaired) electrons. The first-order valence-electron chi connectivity index (χ1n) is 6.06. The van der Waals surface area contributed by atoms with Crippen LogP contribution in [-0.4, -0.2) is 7.11 Å². The first-order valence-corrected chi connectivity index (χ1v) is 7.23. The van der Waals surface area contributed by atoms with Gasteiger partial charge in [0, 0.05) is 10.5 Å². The number of anilines is 1. The van der Waals surface area contributed by atoms with Crippen LogP contribution in [0, 0.1) is 5.82 Å². The minimum absolute atomic E-state index is 0.0248. The number of rotatable bonds is 4. The normalized spacial score (nSPS) is 12.1. The van der Waals surface area contributed by atoms with Gasteiger partial charge in [0.05, 0.1) is 17.8 Å². The highest BCUT2D eigenvalue weighted by Crippen LogP contribution is 2.30. The molecule has 0 spiro atoms. The molecule has 0 bridgehead atoms. The third kappa shape index (κ3) is 3.44. The minimum atomic E-state index is -0.370. The predicted molar refractivity (Wildman–Crippen MR) is 84.1 cm³/mol. The number of benzene rings is 2. The molecule has 0 saturated heterocycles. The molecule has 0 heterocycles. The molecule has 0 amide bonds. The molecule has 2 rings (SSSR count). The van der Waals surface area contributed by atoms with Crippen LogP contribution < -0.4 is 10.1 Å². The van der Waals surface area contributed by atoms with E-state index < -0.39 is 0 Å². The van der Waals surface area contributed by atoms with Gasteiger partial charge in [-0.3, -0.25) is 0 Å². The van der Waals surface area contributed by atoms with Crippen molar-refractivity contribution in [3.8, 4) is 5.75 Å². The lowest BCUT2D eigenvalue weighted by atomic mass is 10.1. The largest absolute Gasteiger partial charge is 0.494 e. The molecular weight excluding hydrogens is 345 g/mol. The monoisotopic (exact) mass is 357 g/mol. The van der Waals surface area contributed by atoms with E-state index in [4.69, 9.17) is 16.3 Å². The zero-order chi connectivity index (χ0) is 14.7. The van der Waals surface area contributed by atoms with Crippen molar-refractivity contribution in [2.24, 2.45) is 0 Å². The summed E-state index contributed by atoms with van der Waals surface area (Å²) in [5.74, 6) is -0.136. The van der Waals surface area contributed by atoms with E-state index in [0.717, 1.165) is 15.7 Å². The number of halogens is 3. The Morgan fingerprint density at radius 2 is 2.00 bits per heavy atom. The van der Waals surface area contributed by atoms with E-state index in [1.807, 2.05) is 25.1 Å². The highest BCUT2D eigenvalue weighted by Gasteiger charge is 2.11. The number of nitrogens with one attached hydrogen (secondary N) is 1. The van der Waals surface area contributed by atoms with E-state index >= 15 is 0 Å². The summed E-state index contributed by atoms with van der Waals surface area (Å²) in [6, 6.07) is 10.4. The molecule has 0 aliphatic rings. The molecule has 0 saturated carbocycles. The van der Waals surface area contributed by atoms with Crippen molar-refractivity contribution in [2.45, 2.75) is 13.0 Å². The Morgan fingerprint density at radius 1 is 1.25 bits per heavy atom. The van der Waals surface area contributed by atoms with Crippen LogP contribution in [0.4, 0.5) is 10.1 Å². The Balaban J connectivity index is 2.21. The summed E-state index contributed by atoms with van der Waals surface area (Å²) in [4.78, 5) is 0. The van der Waals surface area contributed by atoms with Crippen molar-refractivity contribution in [2.75, 3.05) is 12.4 Å². The van der Waals surface area contributed by atoms with Crippen LogP contribution in [0.2, 0.25) is 5.02 Å². The van der Waals surface area contributed by atoms with E-state index in [1.165, 1.54) is 13.2 Å². The molecule has 0 aromatic heterocycles. The Kier molecular flexibility index (Phi) is 4.89. The topological polar surface area (TPSA) is 21.3 Å². The van der Waals surface area contributed by atoms with Crippen LogP contribution in [0.3, 0.4) is 0 Å². The molecule has 0 aliphatic heterocycles. The molecule has 0 aliphatic carbocycles. The van der Waals surface area contributed by atoms with Gasteiger partial charge in [-0.05, 0) is 42.8 Å². The van der Waals surface area contributed by atoms with E-state index in [2.05, 4.69) is 21.2 Å². The molecule has 1 N–H and O–H groups in total. The van der Waals surface area contributed by atoms with Gasteiger partial charge in [0.2, 0.25) is 0 Å². The summed E-state index contributed by atoms with van der Waals surface area (Å²) < 4.78 is 19.3. The van der Waals surface area contributed by atoms with Crippen molar-refractivity contribution in [1.29, 1.82) is 0 Å². The summed E-state index contributed by atoms with van der Waals surface area (Å²) in [5, 5.41) is 3.92. The van der Waals surface area contributed by atoms with Gasteiger partial charge in [0.15, 0.2) is 11.6 Å². The predicted octanol–water partition coefficient (Wildman–Crippen LogP) is 5.42. The molecule has 2 aromatic carbocycles. The Hall–Kier alpha value is -1.26. The average Bonchev–Trinajstić information content (AvgIpc) is 2.42. The smallest absolute Gasteiger partial charge is 0.165 e. The summed E-state index contributed by atoms with van der Waals surface area (Å²) >= 11 is 9.53. The van der Waals surface area contributed by atoms with Gasteiger partial charge in [-0.1, -0.05) is 33.6 Å². The first-order chi connectivity index (χ1) is 9.51. The first kappa shape index (κ1) is 15.1. The Bertz CT molecular complexity index is 621. The second-order valence-electron chi connectivity index (χ2n) is 4.38. The molecular formula is C15H14BrClFNO. The summed E-state index contributed by atoms with van der Waals surface area (Å²) in [7, 11) is 1.45. The number of ether oxygens (including phenoxy) is 1. The standard InChI is InChI=1S/C15H14BrClFNO/c1-9(10-3-5-13(18)15(7-10)20-2)19-14-6-4-11(16)8-12(14)17/h3-9,19H,1-2H3. The van der Waals surface area contributed by atoms with Crippen molar-refractivity contribution in [3.63, 3.8) is 0 Å². The van der Waals surface area contributed by atoms with E-state index in [-0.39, 0.29) is 17.6 Å². The summed E-state index contributed by atoms with van der Waals surface area (Å²) in [5.41, 5.74) is 1.74. The second kappa shape index (κ2) is 6.46. The van der Waals surface area contributed by atoms with Gasteiger partial charge in [-0.25, -0.2) is 4.39 Å². The highest BCUT2D eigenvalue weighted by molar-refractivity contribution is 9.10. The molecule has 2 nitrogen and oxygen atoms in total. The quantitative estimate of drug-likeness (QED) is 0.787. The van der Waals surface area contributed by atoms with Crippen molar-refractivity contribution in [1.82, 2.24) is 0 Å². The van der Waals surface area contributed by atoms with Crippen LogP contribution >= 0.6 is 27.5 Å². The van der Waals surface area contributed by atoms with Crippen molar-refractivity contribution in [3.05, 3.63) is 57.3 Å². The lowest BCUT2D eigenvalue weighted by Gasteiger charge is -2.17. The zero-order valence-corrected chi connectivity index (χ0v) is 13.4. The number of methoxy groups -OCH3 is 1. The van der Waals surface area contributed by atoms with Crippen LogP contribution in [-0.2, 0) is 0 Å². The van der Waals surface area contributed by atoms with Crippen LogP contribution in [0.1, 0.15) is 18.5 Å². The minimum Gasteiger partial charge on any atom is -0.494 e. The fraction of sp³-hybridized carbons (Fsp3) is 0.200. The maximum Gasteiger partial charge on any atom is 0.165 e. The highest BCUT2D eigenvalue weighted by atomic mass is 79.9. The lowest BCUT2D eigenvalue weighted by Crippen LogP contribution is -2.07. The third-order valence-electron chi connectivity index (χ3n) is 2.98. The van der Waals surface area contributed by atoms with E-state index in [9.17, 15) is 4.39 Å². The van der Waals surface area contributed by atoms with Gasteiger partial charge >= 0.3 is 0 Å². The lowest BCUT2D eigenvalue weighted by molar-refractivity contribution is 0.385. The molecule has 0 fully saturated rings. The third-order valence-corrected chi connectivity index (χ3v) is 3.78. The van der Waals surface area contributed by atoms with Gasteiger partial charge in [0.25, 0.3) is 0 Å². The Morgan fingerprint density at radius 3 is 2.65 bits per heavy atom. The van der Waals surface area contributed by atoms with Crippen LogP contribution in [0.25, 0.3) is 0 Å². The Labute approximate surface area is 131 Å². The molecule has 20 heavy (non-hydrogen) atoms. The van der Waals surface area contributed by atoms with E-state index in [1.54, 1.807) is 12.1 Å². The molecule has 1 atom stereocenters. The summed E-state index contributed by atoms with van der Waals surface area (Å²) in [6.45, 7) is 1.98. The van der Waals surface area contributed by atoms with Crippen molar-refractivity contribution < 1.29 is 9.13 Å². The fourth-order valence-corrected chi connectivity index (χ4v) is 2.60. The average molecular weight is 359 g/mol. The SMILES string of the molecule is COc1cc(C(C)Nc2ccc(Br)cc2Cl)ccc1F. The van der Waals surface area contributed by atoms with Gasteiger partial charge < -0.3 is 10.1 Å². The number of hydrogen-bond donors (Lipinski definition) is 1. The number of hydrogen-bond acceptors (Lipinski definition) is 2. The van der Waals surface area contributed by atoms with Crippen molar-refractivity contribution >= 4 is 33.2 Å². The second-order valence-corrected chi connectivity index (χ2v) is 5.71. The van der Waals surface area contributed by atoms with E-state index in [0.29, 0.717) is 5.02 Å². The maximum absolute atomic E-state index is 13.4. The van der Waals surface area contributed by atoms with Gasteiger partial charge in [-0.2, -0.15) is 0 Å².